The van der Waals surface area contributed by atoms with Crippen molar-refractivity contribution in [2.75, 3.05) is 0 Å². The third kappa shape index (κ3) is 3.30. The monoisotopic (exact) mass is 342 g/mol. The highest BCUT2D eigenvalue weighted by Gasteiger charge is 2.18. The van der Waals surface area contributed by atoms with Gasteiger partial charge in [0.2, 0.25) is 0 Å². The predicted molar refractivity (Wildman–Crippen MR) is 90.8 cm³/mol. The van der Waals surface area contributed by atoms with Crippen molar-refractivity contribution in [3.8, 4) is 0 Å². The highest BCUT2D eigenvalue weighted by atomic mass is 35.5. The smallest absolute Gasteiger partial charge is 0.309 e. The van der Waals surface area contributed by atoms with E-state index in [0.717, 1.165) is 6.42 Å². The van der Waals surface area contributed by atoms with E-state index >= 15 is 0 Å². The van der Waals surface area contributed by atoms with Crippen molar-refractivity contribution in [2.45, 2.75) is 44.1 Å². The second kappa shape index (κ2) is 6.75. The number of hydrogen-bond donors (Lipinski definition) is 1. The summed E-state index contributed by atoms with van der Waals surface area (Å²) in [7, 11) is 1.60. The van der Waals surface area contributed by atoms with E-state index in [2.05, 4.69) is 23.8 Å². The molecule has 0 unspecified atom stereocenters. The topological polar surface area (TPSA) is 72.7 Å². The average Bonchev–Trinajstić information content (AvgIpc) is 2.81. The number of allylic oxidation sites excluding steroid dienone is 2. The van der Waals surface area contributed by atoms with Gasteiger partial charge >= 0.3 is 5.69 Å². The van der Waals surface area contributed by atoms with Crippen molar-refractivity contribution in [2.24, 2.45) is 7.05 Å². The van der Waals surface area contributed by atoms with Gasteiger partial charge < -0.3 is 4.57 Å². The van der Waals surface area contributed by atoms with Gasteiger partial charge in [0.1, 0.15) is 0 Å². The summed E-state index contributed by atoms with van der Waals surface area (Å²) in [5.74, 6) is 0. The zero-order valence-corrected chi connectivity index (χ0v) is 14.6. The molecule has 0 aliphatic carbocycles. The van der Waals surface area contributed by atoms with Gasteiger partial charge in [-0.15, -0.1) is 0 Å². The number of nitrogens with one attached hydrogen (secondary N) is 1. The number of nitrogens with zero attached hydrogens (tertiary/aromatic N) is 3. The Balaban J connectivity index is 2.72. The molecule has 8 heteroatoms. The molecule has 120 valence electrons. The molecule has 0 bridgehead atoms. The molecule has 0 aromatic carbocycles. The summed E-state index contributed by atoms with van der Waals surface area (Å²) in [5.41, 5.74) is -0.115. The van der Waals surface area contributed by atoms with Crippen molar-refractivity contribution in [3.05, 3.63) is 31.9 Å². The summed E-state index contributed by atoms with van der Waals surface area (Å²) in [5, 5.41) is 1.71. The molecule has 0 aliphatic rings. The van der Waals surface area contributed by atoms with Crippen LogP contribution in [0.25, 0.3) is 11.2 Å². The highest BCUT2D eigenvalue weighted by molar-refractivity contribution is 7.99. The number of H-pyrrole nitrogens is 1. The fourth-order valence-corrected chi connectivity index (χ4v) is 2.98. The summed E-state index contributed by atoms with van der Waals surface area (Å²) in [6, 6.07) is 0. The Labute approximate surface area is 137 Å². The molecule has 0 aliphatic heterocycles. The number of imidazole rings is 1. The van der Waals surface area contributed by atoms with Gasteiger partial charge in [-0.3, -0.25) is 14.3 Å². The van der Waals surface area contributed by atoms with Crippen LogP contribution in [-0.4, -0.2) is 24.4 Å². The average molecular weight is 343 g/mol. The summed E-state index contributed by atoms with van der Waals surface area (Å²) in [4.78, 5) is 30.7. The Morgan fingerprint density at radius 1 is 1.50 bits per heavy atom. The van der Waals surface area contributed by atoms with Crippen LogP contribution < -0.4 is 11.2 Å². The zero-order chi connectivity index (χ0) is 16.4. The first kappa shape index (κ1) is 16.9. The Morgan fingerprint density at radius 3 is 2.77 bits per heavy atom. The number of rotatable bonds is 5. The van der Waals surface area contributed by atoms with Gasteiger partial charge in [0.15, 0.2) is 16.3 Å². The molecule has 0 radical (unpaired) electrons. The molecule has 0 saturated heterocycles. The molecule has 2 aromatic rings. The lowest BCUT2D eigenvalue weighted by Crippen LogP contribution is -2.29. The van der Waals surface area contributed by atoms with E-state index in [1.807, 2.05) is 6.08 Å². The second-order valence-electron chi connectivity index (χ2n) is 5.12. The number of aromatic nitrogens is 4. The first-order valence-corrected chi connectivity index (χ1v) is 8.29. The maximum Gasteiger partial charge on any atom is 0.329 e. The van der Waals surface area contributed by atoms with Crippen LogP contribution in [0, 0.1) is 0 Å². The summed E-state index contributed by atoms with van der Waals surface area (Å²) >= 11 is 7.49. The van der Waals surface area contributed by atoms with Gasteiger partial charge in [-0.25, -0.2) is 9.78 Å². The molecule has 0 spiro atoms. The van der Waals surface area contributed by atoms with Gasteiger partial charge in [0.25, 0.3) is 5.56 Å². The first-order valence-electron chi connectivity index (χ1n) is 7.03. The van der Waals surface area contributed by atoms with E-state index in [0.29, 0.717) is 33.1 Å². The fourth-order valence-electron chi connectivity index (χ4n) is 1.95. The van der Waals surface area contributed by atoms with Crippen LogP contribution in [0.2, 0.25) is 0 Å². The van der Waals surface area contributed by atoms with Gasteiger partial charge in [0, 0.05) is 23.9 Å². The minimum absolute atomic E-state index is 0.354. The lowest BCUT2D eigenvalue weighted by molar-refractivity contribution is 0.737. The standard InChI is InChI=1S/C14H19ClN4O2S/c1-5-9(3)22-14-16-11-10(19(14)7-6-8(2)15)12(20)17-13(21)18(11)4/h6,9H,5,7H2,1-4H3,(H,17,20,21)/b8-6-/t9-/m0/s1. The maximum absolute atomic E-state index is 12.2. The molecular formula is C14H19ClN4O2S. The van der Waals surface area contributed by atoms with E-state index in [1.54, 1.807) is 30.3 Å². The largest absolute Gasteiger partial charge is 0.329 e. The maximum atomic E-state index is 12.2. The molecule has 0 saturated carbocycles. The third-order valence-electron chi connectivity index (χ3n) is 3.41. The van der Waals surface area contributed by atoms with Gasteiger partial charge in [-0.1, -0.05) is 43.3 Å². The van der Waals surface area contributed by atoms with Gasteiger partial charge in [-0.05, 0) is 13.3 Å². The Kier molecular flexibility index (Phi) is 5.18. The van der Waals surface area contributed by atoms with E-state index in [9.17, 15) is 9.59 Å². The zero-order valence-electron chi connectivity index (χ0n) is 13.0. The van der Waals surface area contributed by atoms with Crippen molar-refractivity contribution in [3.63, 3.8) is 0 Å². The van der Waals surface area contributed by atoms with Crippen molar-refractivity contribution < 1.29 is 0 Å². The molecule has 2 rings (SSSR count). The Hall–Kier alpha value is -1.47. The predicted octanol–water partition coefficient (Wildman–Crippen LogP) is 2.46. The van der Waals surface area contributed by atoms with Gasteiger partial charge in [-0.2, -0.15) is 0 Å². The number of aryl methyl sites for hydroxylation is 1. The third-order valence-corrected chi connectivity index (χ3v) is 4.82. The van der Waals surface area contributed by atoms with Crippen LogP contribution in [0.4, 0.5) is 0 Å². The number of hydrogen-bond acceptors (Lipinski definition) is 4. The minimum atomic E-state index is -0.466. The summed E-state index contributed by atoms with van der Waals surface area (Å²) < 4.78 is 3.15. The lowest BCUT2D eigenvalue weighted by Gasteiger charge is -2.09. The van der Waals surface area contributed by atoms with E-state index < -0.39 is 11.2 Å². The Morgan fingerprint density at radius 2 is 2.18 bits per heavy atom. The summed E-state index contributed by atoms with van der Waals surface area (Å²) in [6.45, 7) is 6.41. The number of fused-ring (bicyclic) bond motifs is 1. The van der Waals surface area contributed by atoms with E-state index in [-0.39, 0.29) is 0 Å². The molecule has 0 fully saturated rings. The van der Waals surface area contributed by atoms with Crippen LogP contribution in [0.5, 0.6) is 0 Å². The fraction of sp³-hybridized carbons (Fsp3) is 0.500. The normalized spacial score (nSPS) is 13.8. The number of aromatic amines is 1. The van der Waals surface area contributed by atoms with Crippen molar-refractivity contribution >= 4 is 34.5 Å². The molecule has 1 N–H and O–H groups in total. The quantitative estimate of drug-likeness (QED) is 0.847. The van der Waals surface area contributed by atoms with Crippen LogP contribution in [0.1, 0.15) is 27.2 Å². The molecule has 22 heavy (non-hydrogen) atoms. The van der Waals surface area contributed by atoms with Crippen LogP contribution in [-0.2, 0) is 13.6 Å². The van der Waals surface area contributed by atoms with Crippen molar-refractivity contribution in [1.82, 2.24) is 19.1 Å². The Bertz CT molecular complexity index is 830. The van der Waals surface area contributed by atoms with Crippen LogP contribution in [0.3, 0.4) is 0 Å². The molecular weight excluding hydrogens is 324 g/mol. The number of thioether (sulfide) groups is 1. The van der Waals surface area contributed by atoms with Crippen LogP contribution in [0.15, 0.2) is 25.9 Å². The van der Waals surface area contributed by atoms with E-state index in [1.165, 1.54) is 4.57 Å². The first-order chi connectivity index (χ1) is 10.3. The summed E-state index contributed by atoms with van der Waals surface area (Å²) in [6.07, 6.45) is 2.79. The molecule has 0 amide bonds. The molecule has 2 aromatic heterocycles. The van der Waals surface area contributed by atoms with E-state index in [4.69, 9.17) is 11.6 Å². The second-order valence-corrected chi connectivity index (χ2v) is 7.12. The molecule has 2 heterocycles. The molecule has 1 atom stereocenters. The SMILES string of the molecule is CC[C@H](C)Sc1nc2c(c(=O)[nH]c(=O)n2C)n1C/C=C(/C)Cl. The minimum Gasteiger partial charge on any atom is -0.309 e. The highest BCUT2D eigenvalue weighted by Crippen LogP contribution is 2.27. The lowest BCUT2D eigenvalue weighted by atomic mass is 10.4. The van der Waals surface area contributed by atoms with Crippen LogP contribution >= 0.6 is 23.4 Å². The van der Waals surface area contributed by atoms with Crippen molar-refractivity contribution in [1.29, 1.82) is 0 Å². The molecule has 6 nitrogen and oxygen atoms in total. The van der Waals surface area contributed by atoms with Gasteiger partial charge in [0.05, 0.1) is 0 Å². The number of halogens is 1.